The Balaban J connectivity index is -0.000000104. The maximum absolute atomic E-state index is 12.6. The second kappa shape index (κ2) is 63.9. The van der Waals surface area contributed by atoms with E-state index in [1.54, 1.807) is 54.6 Å². The number of methoxy groups -OCH3 is 1. The summed E-state index contributed by atoms with van der Waals surface area (Å²) in [4.78, 5) is 102. The van der Waals surface area contributed by atoms with E-state index in [2.05, 4.69) is 15.4 Å². The van der Waals surface area contributed by atoms with Gasteiger partial charge in [-0.05, 0) is 81.1 Å². The van der Waals surface area contributed by atoms with Crippen LogP contribution in [0.5, 0.6) is 17.2 Å². The van der Waals surface area contributed by atoms with Gasteiger partial charge in [0.15, 0.2) is 11.9 Å². The van der Waals surface area contributed by atoms with Crippen molar-refractivity contribution < 1.29 is 96.7 Å². The molecule has 3 aromatic carbocycles. The number of carbonyl (C=O) groups excluding carboxylic acids is 9. The largest absolute Gasteiger partial charge is 0.465 e. The molecule has 3 aromatic rings. The summed E-state index contributed by atoms with van der Waals surface area (Å²) < 4.78 is 40.4. The number of ether oxygens (including phenoxy) is 8. The van der Waals surface area contributed by atoms with Crippen LogP contribution in [-0.4, -0.2) is 139 Å². The fraction of sp³-hybridized carbons (Fsp3) is 0.500. The van der Waals surface area contributed by atoms with E-state index in [9.17, 15) is 43.2 Å². The highest BCUT2D eigenvalue weighted by Crippen LogP contribution is 2.22. The van der Waals surface area contributed by atoms with Gasteiger partial charge in [-0.3, -0.25) is 38.4 Å². The zero-order chi connectivity index (χ0) is 61.2. The van der Waals surface area contributed by atoms with Gasteiger partial charge in [-0.15, -0.1) is 0 Å². The van der Waals surface area contributed by atoms with E-state index in [1.165, 1.54) is 64.3 Å². The first kappa shape index (κ1) is 108. The van der Waals surface area contributed by atoms with Gasteiger partial charge in [-0.1, -0.05) is 153 Å². The van der Waals surface area contributed by atoms with Crippen molar-refractivity contribution in [3.05, 3.63) is 126 Å². The Labute approximate surface area is 548 Å². The number of nitrogens with one attached hydrogen (secondary N) is 2. The van der Waals surface area contributed by atoms with Crippen molar-refractivity contribution in [1.82, 2.24) is 16.8 Å². The summed E-state index contributed by atoms with van der Waals surface area (Å²) in [6.45, 7) is 13.8. The van der Waals surface area contributed by atoms with Gasteiger partial charge >= 0.3 is 35.8 Å². The molecule has 0 radical (unpaired) electrons. The topological polar surface area (TPSA) is 385 Å². The van der Waals surface area contributed by atoms with Crippen LogP contribution >= 0.6 is 11.6 Å². The average molecular weight is 1320 g/mol. The van der Waals surface area contributed by atoms with Crippen molar-refractivity contribution in [2.45, 2.75) is 177 Å². The Hall–Kier alpha value is -7.68. The van der Waals surface area contributed by atoms with Crippen LogP contribution in [0.3, 0.4) is 0 Å². The number of allylic oxidation sites excluding steroid dienone is 4. The number of aliphatic hydroxyl groups is 2. The van der Waals surface area contributed by atoms with Gasteiger partial charge < -0.3 is 76.1 Å². The molecule has 0 aliphatic carbocycles. The normalized spacial score (nSPS) is 12.1. The number of esters is 6. The zero-order valence-electron chi connectivity index (χ0n) is 48.6. The number of amides is 2. The molecule has 11 N–H and O–H groups in total. The minimum absolute atomic E-state index is 0. The summed E-state index contributed by atoms with van der Waals surface area (Å²) in [5, 5.41) is 22.5. The standard InChI is InChI=1S/C24H31NO7.C12H15NO5.C10H10O4.C6H9ClO.C6H13NO2.8CH4.H3N.H2O/c1-4-6-8-14-22(27)30-17-19(32-23(28)15-9-7-5-2)16-25-24(29)20-12-10-11-13-21(20)31-18(3)26;1-8(15)18-11-5-3-2-4-10(11)12(17)13-6-9(16)7-14;1-7(11)14-9-6-4-3-5-8(9)10(12)13-2;1-2-3-4-5-6(7)8;1-6(2)8-4-5(3-7)9-6;;;;;;;;;;/h6-13,19H,4-5,14-17H2,1-3H3,(H,25,29);2-5,9,14,16H,6-7H2,1H3,(H,13,17);3-6H,1-2H3;3-4H,2,5H2,1H3;5H,3-4,7H2,1-2H3;8*1H4;1H3;1H2/b8-6-,9-7-;;;4-3-;;;;;;;;;;;. The molecule has 1 aliphatic heterocycles. The maximum Gasteiger partial charge on any atom is 0.341 e. The quantitative estimate of drug-likeness (QED) is 0.0159. The predicted molar refractivity (Wildman–Crippen MR) is 363 cm³/mol. The Kier molecular flexibility index (Phi) is 75.8. The smallest absolute Gasteiger partial charge is 0.341 e. The number of para-hydroxylation sites is 3. The molecule has 25 heteroatoms. The Bertz CT molecular complexity index is 2540. The number of halogens is 1. The van der Waals surface area contributed by atoms with Crippen LogP contribution in [-0.2, 0) is 52.5 Å². The van der Waals surface area contributed by atoms with Crippen molar-refractivity contribution in [1.29, 1.82) is 0 Å². The lowest BCUT2D eigenvalue weighted by Gasteiger charge is -2.18. The summed E-state index contributed by atoms with van der Waals surface area (Å²) in [7, 11) is 1.27. The fourth-order valence-corrected chi connectivity index (χ4v) is 6.07. The van der Waals surface area contributed by atoms with Gasteiger partial charge in [-0.2, -0.15) is 0 Å². The van der Waals surface area contributed by atoms with E-state index < -0.39 is 72.2 Å². The highest BCUT2D eigenvalue weighted by Gasteiger charge is 2.31. The molecule has 1 saturated heterocycles. The monoisotopic (exact) mass is 1320 g/mol. The molecule has 0 bridgehead atoms. The van der Waals surface area contributed by atoms with Crippen molar-refractivity contribution in [2.75, 3.05) is 46.6 Å². The molecule has 4 rings (SSSR count). The van der Waals surface area contributed by atoms with E-state index in [0.717, 1.165) is 19.3 Å². The van der Waals surface area contributed by atoms with Crippen molar-refractivity contribution in [3.8, 4) is 17.2 Å². The number of aliphatic hydroxyl groups excluding tert-OH is 2. The molecule has 2 amide bonds. The second-order valence-corrected chi connectivity index (χ2v) is 17.5. The lowest BCUT2D eigenvalue weighted by Crippen LogP contribution is -2.38. The van der Waals surface area contributed by atoms with Gasteiger partial charge in [0.1, 0.15) is 29.4 Å². The van der Waals surface area contributed by atoms with Crippen LogP contribution in [0.2, 0.25) is 0 Å². The Morgan fingerprint density at radius 2 is 1.00 bits per heavy atom. The molecule has 24 nitrogen and oxygen atoms in total. The molecular formula is C66H115ClN4O20. The van der Waals surface area contributed by atoms with Crippen molar-refractivity contribution in [2.24, 2.45) is 5.73 Å². The predicted octanol–water partition coefficient (Wildman–Crippen LogP) is 11.2. The van der Waals surface area contributed by atoms with E-state index in [-0.39, 0.29) is 149 Å². The molecule has 526 valence electrons. The van der Waals surface area contributed by atoms with Gasteiger partial charge in [0, 0.05) is 40.3 Å². The third kappa shape index (κ3) is 52.8. The van der Waals surface area contributed by atoms with Gasteiger partial charge in [0.05, 0.1) is 63.0 Å². The molecule has 1 fully saturated rings. The molecule has 0 spiro atoms. The second-order valence-electron chi connectivity index (χ2n) is 17.1. The van der Waals surface area contributed by atoms with Crippen LogP contribution < -0.4 is 36.7 Å². The lowest BCUT2D eigenvalue weighted by molar-refractivity contribution is -0.157. The molecular weight excluding hydrogens is 1200 g/mol. The number of hydrogen-bond acceptors (Lipinski definition) is 21. The zero-order valence-corrected chi connectivity index (χ0v) is 49.4. The molecule has 1 aliphatic rings. The van der Waals surface area contributed by atoms with Crippen LogP contribution in [0.1, 0.15) is 184 Å². The number of nitrogens with two attached hydrogens (primary N) is 1. The minimum Gasteiger partial charge on any atom is -0.465 e. The average Bonchev–Trinajstić information content (AvgIpc) is 3.54. The van der Waals surface area contributed by atoms with Crippen molar-refractivity contribution in [3.63, 3.8) is 0 Å². The molecule has 91 heavy (non-hydrogen) atoms. The third-order valence-electron chi connectivity index (χ3n) is 9.63. The van der Waals surface area contributed by atoms with E-state index >= 15 is 0 Å². The van der Waals surface area contributed by atoms with Gasteiger partial charge in [0.2, 0.25) is 5.24 Å². The number of rotatable bonds is 24. The summed E-state index contributed by atoms with van der Waals surface area (Å²) >= 11 is 5.02. The van der Waals surface area contributed by atoms with Crippen LogP contribution in [0.25, 0.3) is 0 Å². The van der Waals surface area contributed by atoms with Gasteiger partial charge in [-0.25, -0.2) is 4.79 Å². The maximum atomic E-state index is 12.6. The highest BCUT2D eigenvalue weighted by molar-refractivity contribution is 6.63. The molecule has 0 saturated carbocycles. The molecule has 3 atom stereocenters. The molecule has 3 unspecified atom stereocenters. The number of benzene rings is 3. The Morgan fingerprint density at radius 1 is 0.626 bits per heavy atom. The summed E-state index contributed by atoms with van der Waals surface area (Å²) in [5.41, 5.74) is 5.94. The highest BCUT2D eigenvalue weighted by atomic mass is 35.5. The van der Waals surface area contributed by atoms with Crippen LogP contribution in [0.15, 0.2) is 109 Å². The van der Waals surface area contributed by atoms with E-state index in [1.807, 2.05) is 52.8 Å². The first-order valence-corrected chi connectivity index (χ1v) is 26.1. The number of hydrogen-bond donors (Lipinski definition) is 6. The first-order valence-electron chi connectivity index (χ1n) is 25.7. The number of carbonyl (C=O) groups is 9. The van der Waals surface area contributed by atoms with Crippen LogP contribution in [0.4, 0.5) is 0 Å². The van der Waals surface area contributed by atoms with Crippen molar-refractivity contribution >= 4 is 64.5 Å². The van der Waals surface area contributed by atoms with Gasteiger partial charge in [0.25, 0.3) is 11.8 Å². The lowest BCUT2D eigenvalue weighted by atomic mass is 10.2. The summed E-state index contributed by atoms with van der Waals surface area (Å²) in [6, 6.07) is 18.9. The minimum atomic E-state index is -1.02. The third-order valence-corrected chi connectivity index (χ3v) is 9.78. The van der Waals surface area contributed by atoms with Crippen LogP contribution in [0, 0.1) is 0 Å². The fourth-order valence-electron chi connectivity index (χ4n) is 5.99. The SMILES string of the molecule is C.C.C.C.C.C.C.C.CC(=O)Oc1ccccc1C(=O)NCC(O)CO.CC/C=C\CC(=O)Cl.CC/C=C\CC(=O)OCC(CNC(=O)c1ccccc1OC(C)=O)OC(=O)C/C=C\CC.CC1(C)OCC(CN)O1.COC(=O)c1ccccc1OC(C)=O.N.O. The first-order chi connectivity index (χ1) is 38.5. The summed E-state index contributed by atoms with van der Waals surface area (Å²) in [6.07, 6.45) is 12.1. The molecule has 1 heterocycles. The van der Waals surface area contributed by atoms with E-state index in [4.69, 9.17) is 60.7 Å². The van der Waals surface area contributed by atoms with E-state index in [0.29, 0.717) is 19.6 Å². The molecule has 0 aromatic heterocycles. The summed E-state index contributed by atoms with van der Waals surface area (Å²) in [5.74, 6) is -3.98. The Morgan fingerprint density at radius 3 is 1.34 bits per heavy atom.